The second kappa shape index (κ2) is 6.31. The smallest absolute Gasteiger partial charge is 0.260 e. The molecule has 0 saturated carbocycles. The van der Waals surface area contributed by atoms with Gasteiger partial charge in [0.15, 0.2) is 11.9 Å². The molecule has 0 heterocycles. The lowest BCUT2D eigenvalue weighted by atomic mass is 10.1. The van der Waals surface area contributed by atoms with E-state index in [2.05, 4.69) is 5.32 Å². The summed E-state index contributed by atoms with van der Waals surface area (Å²) in [6.45, 7) is 6.55. The SMILES string of the molecule is CC(=O)c1ccc(OC(C)C(=O)NC(C)C)cc1F. The first-order chi connectivity index (χ1) is 8.81. The number of Topliss-reactive ketones (excluding diaryl/α,β-unsaturated/α-hetero) is 1. The van der Waals surface area contributed by atoms with E-state index in [1.54, 1.807) is 6.92 Å². The first-order valence-corrected chi connectivity index (χ1v) is 6.08. The van der Waals surface area contributed by atoms with E-state index in [1.807, 2.05) is 13.8 Å². The van der Waals surface area contributed by atoms with Crippen LogP contribution in [0.3, 0.4) is 0 Å². The normalized spacial score (nSPS) is 12.1. The average molecular weight is 267 g/mol. The van der Waals surface area contributed by atoms with Crippen LogP contribution in [0.25, 0.3) is 0 Å². The fraction of sp³-hybridized carbons (Fsp3) is 0.429. The van der Waals surface area contributed by atoms with Gasteiger partial charge in [-0.1, -0.05) is 0 Å². The van der Waals surface area contributed by atoms with Crippen LogP contribution in [0.1, 0.15) is 38.1 Å². The average Bonchev–Trinajstić information content (AvgIpc) is 2.27. The number of hydrogen-bond acceptors (Lipinski definition) is 3. The lowest BCUT2D eigenvalue weighted by Gasteiger charge is -2.16. The van der Waals surface area contributed by atoms with Crippen molar-refractivity contribution in [2.45, 2.75) is 39.8 Å². The van der Waals surface area contributed by atoms with Gasteiger partial charge in [0.25, 0.3) is 5.91 Å². The van der Waals surface area contributed by atoms with Gasteiger partial charge < -0.3 is 10.1 Å². The number of nitrogens with one attached hydrogen (secondary N) is 1. The summed E-state index contributed by atoms with van der Waals surface area (Å²) in [5.74, 6) is -1.06. The maximum absolute atomic E-state index is 13.6. The Hall–Kier alpha value is -1.91. The maximum Gasteiger partial charge on any atom is 0.260 e. The zero-order valence-corrected chi connectivity index (χ0v) is 11.5. The Labute approximate surface area is 112 Å². The fourth-order valence-corrected chi connectivity index (χ4v) is 1.51. The zero-order chi connectivity index (χ0) is 14.6. The summed E-state index contributed by atoms with van der Waals surface area (Å²) in [5, 5.41) is 2.70. The van der Waals surface area contributed by atoms with Crippen molar-refractivity contribution in [3.63, 3.8) is 0 Å². The molecule has 104 valence electrons. The van der Waals surface area contributed by atoms with Crippen molar-refractivity contribution >= 4 is 11.7 Å². The van der Waals surface area contributed by atoms with Gasteiger partial charge in [0.1, 0.15) is 11.6 Å². The summed E-state index contributed by atoms with van der Waals surface area (Å²) in [5.41, 5.74) is 0.00614. The summed E-state index contributed by atoms with van der Waals surface area (Å²) >= 11 is 0. The molecule has 4 nitrogen and oxygen atoms in total. The fourth-order valence-electron chi connectivity index (χ4n) is 1.51. The molecule has 0 aliphatic heterocycles. The Balaban J connectivity index is 2.75. The number of ketones is 1. The van der Waals surface area contributed by atoms with Crippen LogP contribution in [0.15, 0.2) is 18.2 Å². The van der Waals surface area contributed by atoms with E-state index in [4.69, 9.17) is 4.74 Å². The number of halogens is 1. The van der Waals surface area contributed by atoms with Crippen molar-refractivity contribution in [1.82, 2.24) is 5.32 Å². The van der Waals surface area contributed by atoms with Crippen LogP contribution in [0.4, 0.5) is 4.39 Å². The van der Waals surface area contributed by atoms with Crippen LogP contribution in [0.2, 0.25) is 0 Å². The van der Waals surface area contributed by atoms with Gasteiger partial charge in [-0.2, -0.15) is 0 Å². The summed E-state index contributed by atoms with van der Waals surface area (Å²) < 4.78 is 18.9. The number of hydrogen-bond donors (Lipinski definition) is 1. The van der Waals surface area contributed by atoms with Crippen molar-refractivity contribution in [3.05, 3.63) is 29.6 Å². The van der Waals surface area contributed by atoms with Crippen molar-refractivity contribution in [2.75, 3.05) is 0 Å². The number of ether oxygens (including phenoxy) is 1. The predicted molar refractivity (Wildman–Crippen MR) is 69.8 cm³/mol. The minimum atomic E-state index is -0.732. The highest BCUT2D eigenvalue weighted by Crippen LogP contribution is 2.18. The van der Waals surface area contributed by atoms with Crippen LogP contribution in [-0.2, 0) is 4.79 Å². The Bertz CT molecular complexity index is 486. The molecule has 1 N–H and O–H groups in total. The Morgan fingerprint density at radius 1 is 1.26 bits per heavy atom. The molecule has 1 aromatic carbocycles. The monoisotopic (exact) mass is 267 g/mol. The van der Waals surface area contributed by atoms with Crippen molar-refractivity contribution in [2.24, 2.45) is 0 Å². The van der Waals surface area contributed by atoms with Gasteiger partial charge in [-0.25, -0.2) is 4.39 Å². The van der Waals surface area contributed by atoms with Crippen LogP contribution in [-0.4, -0.2) is 23.8 Å². The minimum absolute atomic E-state index is 0.00614. The molecule has 1 aromatic rings. The highest BCUT2D eigenvalue weighted by molar-refractivity contribution is 5.94. The van der Waals surface area contributed by atoms with E-state index in [-0.39, 0.29) is 29.0 Å². The van der Waals surface area contributed by atoms with E-state index in [0.717, 1.165) is 6.07 Å². The molecule has 0 saturated heterocycles. The molecule has 1 amide bonds. The molecule has 0 radical (unpaired) electrons. The number of rotatable bonds is 5. The quantitative estimate of drug-likeness (QED) is 0.833. The molecule has 19 heavy (non-hydrogen) atoms. The standard InChI is InChI=1S/C14H18FNO3/c1-8(2)16-14(18)10(4)19-11-5-6-12(9(3)17)13(15)7-11/h5-8,10H,1-4H3,(H,16,18). The number of amides is 1. The molecule has 1 atom stereocenters. The van der Waals surface area contributed by atoms with Gasteiger partial charge in [0.2, 0.25) is 0 Å². The molecule has 0 aromatic heterocycles. The van der Waals surface area contributed by atoms with Gasteiger partial charge in [-0.3, -0.25) is 9.59 Å². The molecule has 1 unspecified atom stereocenters. The Kier molecular flexibility index (Phi) is 5.03. The van der Waals surface area contributed by atoms with Gasteiger partial charge in [0, 0.05) is 12.1 Å². The van der Waals surface area contributed by atoms with E-state index in [9.17, 15) is 14.0 Å². The summed E-state index contributed by atoms with van der Waals surface area (Å²) in [6.07, 6.45) is -0.732. The predicted octanol–water partition coefficient (Wildman–Crippen LogP) is 2.32. The van der Waals surface area contributed by atoms with Crippen molar-refractivity contribution in [1.29, 1.82) is 0 Å². The van der Waals surface area contributed by atoms with Crippen molar-refractivity contribution in [3.8, 4) is 5.75 Å². The van der Waals surface area contributed by atoms with E-state index in [1.165, 1.54) is 19.1 Å². The van der Waals surface area contributed by atoms with E-state index < -0.39 is 11.9 Å². The molecule has 1 rings (SSSR count). The van der Waals surface area contributed by atoms with Crippen molar-refractivity contribution < 1.29 is 18.7 Å². The lowest BCUT2D eigenvalue weighted by Crippen LogP contribution is -2.40. The summed E-state index contributed by atoms with van der Waals surface area (Å²) in [6, 6.07) is 3.94. The first-order valence-electron chi connectivity index (χ1n) is 6.08. The molecular formula is C14H18FNO3. The van der Waals surface area contributed by atoms with Gasteiger partial charge in [-0.15, -0.1) is 0 Å². The molecule has 5 heteroatoms. The van der Waals surface area contributed by atoms with Gasteiger partial charge >= 0.3 is 0 Å². The molecule has 0 spiro atoms. The van der Waals surface area contributed by atoms with Crippen LogP contribution in [0, 0.1) is 5.82 Å². The second-order valence-electron chi connectivity index (χ2n) is 4.62. The first kappa shape index (κ1) is 15.1. The molecule has 0 aliphatic rings. The van der Waals surface area contributed by atoms with Crippen LogP contribution in [0.5, 0.6) is 5.75 Å². The maximum atomic E-state index is 13.6. The van der Waals surface area contributed by atoms with Gasteiger partial charge in [0.05, 0.1) is 5.56 Å². The third-order valence-corrected chi connectivity index (χ3v) is 2.43. The summed E-state index contributed by atoms with van der Waals surface area (Å²) in [4.78, 5) is 22.7. The largest absolute Gasteiger partial charge is 0.481 e. The van der Waals surface area contributed by atoms with E-state index >= 15 is 0 Å². The Morgan fingerprint density at radius 2 is 1.89 bits per heavy atom. The third kappa shape index (κ3) is 4.35. The zero-order valence-electron chi connectivity index (χ0n) is 11.5. The number of carbonyl (C=O) groups excluding carboxylic acids is 2. The topological polar surface area (TPSA) is 55.4 Å². The molecule has 0 aliphatic carbocycles. The molecular weight excluding hydrogens is 249 g/mol. The molecule has 0 bridgehead atoms. The van der Waals surface area contributed by atoms with Crippen LogP contribution < -0.4 is 10.1 Å². The third-order valence-electron chi connectivity index (χ3n) is 2.43. The Morgan fingerprint density at radius 3 is 2.37 bits per heavy atom. The van der Waals surface area contributed by atoms with Crippen LogP contribution >= 0.6 is 0 Å². The number of benzene rings is 1. The highest BCUT2D eigenvalue weighted by atomic mass is 19.1. The number of carbonyl (C=O) groups is 2. The van der Waals surface area contributed by atoms with Gasteiger partial charge in [-0.05, 0) is 39.8 Å². The molecule has 0 fully saturated rings. The minimum Gasteiger partial charge on any atom is -0.481 e. The second-order valence-corrected chi connectivity index (χ2v) is 4.62. The lowest BCUT2D eigenvalue weighted by molar-refractivity contribution is -0.127. The summed E-state index contributed by atoms with van der Waals surface area (Å²) in [7, 11) is 0. The van der Waals surface area contributed by atoms with E-state index in [0.29, 0.717) is 0 Å². The highest BCUT2D eigenvalue weighted by Gasteiger charge is 2.16.